The number of carbonyl (C=O) groups is 3. The Morgan fingerprint density at radius 1 is 1.11 bits per heavy atom. The first-order valence-corrected chi connectivity index (χ1v) is 12.5. The van der Waals surface area contributed by atoms with Crippen molar-refractivity contribution in [3.05, 3.63) is 59.4 Å². The Morgan fingerprint density at radius 3 is 2.61 bits per heavy atom. The molecule has 0 bridgehead atoms. The molecule has 9 heteroatoms. The molecule has 2 aromatic carbocycles. The number of nitrogens with one attached hydrogen (secondary N) is 1. The second-order valence-corrected chi connectivity index (χ2v) is 9.49. The molecule has 0 spiro atoms. The first-order chi connectivity index (χ1) is 17.4. The molecule has 8 nitrogen and oxygen atoms in total. The summed E-state index contributed by atoms with van der Waals surface area (Å²) in [7, 11) is 0. The summed E-state index contributed by atoms with van der Waals surface area (Å²) in [5.41, 5.74) is 0.147. The molecular formula is C27H30FN3O5. The predicted molar refractivity (Wildman–Crippen MR) is 129 cm³/mol. The monoisotopic (exact) mass is 495 g/mol. The zero-order valence-electron chi connectivity index (χ0n) is 20.3. The van der Waals surface area contributed by atoms with Gasteiger partial charge < -0.3 is 19.7 Å². The predicted octanol–water partition coefficient (Wildman–Crippen LogP) is 3.90. The molecule has 2 aromatic rings. The van der Waals surface area contributed by atoms with E-state index in [2.05, 4.69) is 5.32 Å². The number of ether oxygens (including phenoxy) is 2. The van der Waals surface area contributed by atoms with Crippen LogP contribution in [0.2, 0.25) is 0 Å². The molecule has 0 saturated carbocycles. The molecule has 190 valence electrons. The fraction of sp³-hybridized carbons (Fsp3) is 0.444. The first kappa shape index (κ1) is 24.1. The fourth-order valence-electron chi connectivity index (χ4n) is 5.36. The smallest absolute Gasteiger partial charge is 0.325 e. The Bertz CT molecular complexity index is 1170. The van der Waals surface area contributed by atoms with Crippen LogP contribution in [0.15, 0.2) is 42.5 Å². The van der Waals surface area contributed by atoms with Crippen molar-refractivity contribution in [2.75, 3.05) is 26.3 Å². The van der Waals surface area contributed by atoms with E-state index in [-0.39, 0.29) is 18.5 Å². The molecule has 0 aromatic heterocycles. The van der Waals surface area contributed by atoms with E-state index >= 15 is 0 Å². The highest BCUT2D eigenvalue weighted by Crippen LogP contribution is 2.39. The van der Waals surface area contributed by atoms with E-state index in [1.807, 2.05) is 25.1 Å². The summed E-state index contributed by atoms with van der Waals surface area (Å²) < 4.78 is 24.9. The summed E-state index contributed by atoms with van der Waals surface area (Å²) in [6.45, 7) is 3.17. The van der Waals surface area contributed by atoms with Crippen molar-refractivity contribution in [1.29, 1.82) is 0 Å². The van der Waals surface area contributed by atoms with E-state index in [1.165, 1.54) is 24.3 Å². The Morgan fingerprint density at radius 2 is 1.86 bits per heavy atom. The number of urea groups is 1. The molecule has 1 N–H and O–H groups in total. The number of rotatable bonds is 7. The van der Waals surface area contributed by atoms with Gasteiger partial charge in [-0.1, -0.05) is 38.0 Å². The van der Waals surface area contributed by atoms with Crippen molar-refractivity contribution in [1.82, 2.24) is 15.1 Å². The Hall–Kier alpha value is -3.62. The number of amides is 4. The van der Waals surface area contributed by atoms with E-state index in [9.17, 15) is 18.8 Å². The first-order valence-electron chi connectivity index (χ1n) is 12.5. The zero-order valence-corrected chi connectivity index (χ0v) is 20.3. The highest BCUT2D eigenvalue weighted by atomic mass is 19.1. The van der Waals surface area contributed by atoms with Gasteiger partial charge in [0.2, 0.25) is 5.91 Å². The number of likely N-dealkylation sites (tertiary alicyclic amines) is 1. The van der Waals surface area contributed by atoms with Gasteiger partial charge in [0.25, 0.3) is 5.91 Å². The standard InChI is InChI=1S/C27H30FN3O5/c1-2-3-12-27(19-7-9-20(28)10-8-19)25(33)31(26(34)29-27)17-24(32)30-13-4-5-21(30)18-6-11-22-23(16-18)36-15-14-35-22/h6-11,16,21H,2-5,12-15,17H2,1H3,(H,29,34)/t21-,27+/m0/s1. The Balaban J connectivity index is 1.36. The van der Waals surface area contributed by atoms with Gasteiger partial charge in [-0.25, -0.2) is 9.18 Å². The number of fused-ring (bicyclic) bond motifs is 1. The number of nitrogens with zero attached hydrogens (tertiary/aromatic N) is 2. The normalized spacial score (nSPS) is 23.2. The van der Waals surface area contributed by atoms with Crippen LogP contribution in [0, 0.1) is 5.82 Å². The topological polar surface area (TPSA) is 88.2 Å². The second kappa shape index (κ2) is 9.79. The van der Waals surface area contributed by atoms with Crippen LogP contribution in [0.1, 0.15) is 56.2 Å². The minimum atomic E-state index is -1.30. The summed E-state index contributed by atoms with van der Waals surface area (Å²) in [4.78, 5) is 42.8. The Kier molecular flexibility index (Phi) is 6.55. The third kappa shape index (κ3) is 4.27. The molecule has 2 atom stereocenters. The van der Waals surface area contributed by atoms with Crippen LogP contribution in [0.3, 0.4) is 0 Å². The molecule has 0 aliphatic carbocycles. The summed E-state index contributed by atoms with van der Waals surface area (Å²) in [5.74, 6) is 0.154. The van der Waals surface area contributed by atoms with Gasteiger partial charge in [0.15, 0.2) is 11.5 Å². The number of hydrogen-bond donors (Lipinski definition) is 1. The van der Waals surface area contributed by atoms with E-state index in [1.54, 1.807) is 4.90 Å². The summed E-state index contributed by atoms with van der Waals surface area (Å²) >= 11 is 0. The number of halogens is 1. The maximum absolute atomic E-state index is 13.6. The van der Waals surface area contributed by atoms with Gasteiger partial charge in [0.05, 0.1) is 6.04 Å². The number of unbranched alkanes of at least 4 members (excludes halogenated alkanes) is 1. The molecule has 0 unspecified atom stereocenters. The molecule has 0 radical (unpaired) electrons. The van der Waals surface area contributed by atoms with Crippen molar-refractivity contribution < 1.29 is 28.2 Å². The number of carbonyl (C=O) groups excluding carboxylic acids is 3. The third-order valence-corrected chi connectivity index (χ3v) is 7.24. The van der Waals surface area contributed by atoms with Crippen molar-refractivity contribution in [3.63, 3.8) is 0 Å². The van der Waals surface area contributed by atoms with Gasteiger partial charge in [-0.05, 0) is 54.7 Å². The lowest BCUT2D eigenvalue weighted by atomic mass is 9.85. The molecule has 3 heterocycles. The average molecular weight is 496 g/mol. The highest BCUT2D eigenvalue weighted by molar-refractivity contribution is 6.09. The fourth-order valence-corrected chi connectivity index (χ4v) is 5.36. The zero-order chi connectivity index (χ0) is 25.3. The van der Waals surface area contributed by atoms with Crippen molar-refractivity contribution in [2.45, 2.75) is 50.6 Å². The van der Waals surface area contributed by atoms with Gasteiger partial charge in [0, 0.05) is 6.54 Å². The van der Waals surface area contributed by atoms with E-state index in [0.29, 0.717) is 49.7 Å². The van der Waals surface area contributed by atoms with Crippen molar-refractivity contribution in [2.24, 2.45) is 0 Å². The van der Waals surface area contributed by atoms with Gasteiger partial charge in [-0.2, -0.15) is 0 Å². The van der Waals surface area contributed by atoms with E-state index in [0.717, 1.165) is 29.7 Å². The Labute approximate surface area is 209 Å². The van der Waals surface area contributed by atoms with E-state index in [4.69, 9.17) is 9.47 Å². The van der Waals surface area contributed by atoms with Crippen molar-refractivity contribution in [3.8, 4) is 11.5 Å². The lowest BCUT2D eigenvalue weighted by molar-refractivity contribution is -0.139. The minimum absolute atomic E-state index is 0.170. The van der Waals surface area contributed by atoms with Crippen LogP contribution in [0.5, 0.6) is 11.5 Å². The number of benzene rings is 2. The molecule has 5 rings (SSSR count). The molecule has 2 fully saturated rings. The molecule has 2 saturated heterocycles. The lowest BCUT2D eigenvalue weighted by Gasteiger charge is -2.29. The van der Waals surface area contributed by atoms with Crippen LogP contribution < -0.4 is 14.8 Å². The number of hydrogen-bond acceptors (Lipinski definition) is 5. The molecular weight excluding hydrogens is 465 g/mol. The lowest BCUT2D eigenvalue weighted by Crippen LogP contribution is -2.45. The molecule has 3 aliphatic rings. The number of imide groups is 1. The summed E-state index contributed by atoms with van der Waals surface area (Å²) in [5, 5.41) is 2.82. The quantitative estimate of drug-likeness (QED) is 0.589. The maximum atomic E-state index is 13.6. The van der Waals surface area contributed by atoms with Gasteiger partial charge in [-0.3, -0.25) is 14.5 Å². The molecule has 36 heavy (non-hydrogen) atoms. The van der Waals surface area contributed by atoms with E-state index < -0.39 is 23.3 Å². The third-order valence-electron chi connectivity index (χ3n) is 7.24. The minimum Gasteiger partial charge on any atom is -0.486 e. The average Bonchev–Trinajstić information content (AvgIpc) is 3.47. The second-order valence-electron chi connectivity index (χ2n) is 9.49. The van der Waals surface area contributed by atoms with Crippen LogP contribution in [-0.2, 0) is 15.1 Å². The summed E-state index contributed by atoms with van der Waals surface area (Å²) in [6, 6.07) is 10.5. The van der Waals surface area contributed by atoms with Crippen LogP contribution in [0.4, 0.5) is 9.18 Å². The van der Waals surface area contributed by atoms with Crippen LogP contribution in [-0.4, -0.2) is 53.9 Å². The van der Waals surface area contributed by atoms with Crippen LogP contribution >= 0.6 is 0 Å². The van der Waals surface area contributed by atoms with Crippen LogP contribution in [0.25, 0.3) is 0 Å². The summed E-state index contributed by atoms with van der Waals surface area (Å²) in [6.07, 6.45) is 3.47. The van der Waals surface area contributed by atoms with Gasteiger partial charge in [0.1, 0.15) is 31.1 Å². The largest absolute Gasteiger partial charge is 0.486 e. The molecule has 4 amide bonds. The highest BCUT2D eigenvalue weighted by Gasteiger charge is 2.52. The van der Waals surface area contributed by atoms with Gasteiger partial charge >= 0.3 is 6.03 Å². The molecule has 3 aliphatic heterocycles. The van der Waals surface area contributed by atoms with Gasteiger partial charge in [-0.15, -0.1) is 0 Å². The SMILES string of the molecule is CCCC[C@]1(c2ccc(F)cc2)NC(=O)N(CC(=O)N2CCC[C@H]2c2ccc3c(c2)OCCO3)C1=O. The van der Waals surface area contributed by atoms with Crippen molar-refractivity contribution >= 4 is 17.8 Å². The maximum Gasteiger partial charge on any atom is 0.325 e.